The molecule has 4 fully saturated rings. The SMILES string of the molecule is C#CCCCCOc1ccc(C(=O)N2CCC3(CC2)CC(C(=N)N(C(C)=N)C(C)CC2CCC(C)N2CCC(NC(=O)C2CCC(F)(F)CC2)c2ccccc2)C3)cc1. The summed E-state index contributed by atoms with van der Waals surface area (Å²) in [6.07, 6.45) is 15.2. The van der Waals surface area contributed by atoms with E-state index in [1.807, 2.05) is 64.4 Å². The van der Waals surface area contributed by atoms with E-state index < -0.39 is 5.92 Å². The average molecular weight is 813 g/mol. The lowest BCUT2D eigenvalue weighted by molar-refractivity contribution is -0.130. The van der Waals surface area contributed by atoms with Crippen molar-refractivity contribution in [3.05, 3.63) is 65.7 Å². The molecule has 4 unspecified atom stereocenters. The van der Waals surface area contributed by atoms with Gasteiger partial charge in [0.1, 0.15) is 11.6 Å². The minimum absolute atomic E-state index is 0.0203. The number of unbranched alkanes of at least 4 members (excludes halogenated alkanes) is 2. The molecule has 4 atom stereocenters. The maximum absolute atomic E-state index is 13.8. The molecule has 59 heavy (non-hydrogen) atoms. The van der Waals surface area contributed by atoms with Crippen LogP contribution in [-0.2, 0) is 4.79 Å². The molecule has 2 heterocycles. The Morgan fingerprint density at radius 3 is 2.29 bits per heavy atom. The summed E-state index contributed by atoms with van der Waals surface area (Å²) in [5.74, 6) is 1.30. The average Bonchev–Trinajstić information content (AvgIpc) is 3.56. The first-order chi connectivity index (χ1) is 28.3. The van der Waals surface area contributed by atoms with E-state index in [-0.39, 0.29) is 72.9 Å². The van der Waals surface area contributed by atoms with Gasteiger partial charge in [-0.15, -0.1) is 12.3 Å². The van der Waals surface area contributed by atoms with E-state index in [2.05, 4.69) is 30.0 Å². The molecule has 4 aliphatic rings. The number of nitrogens with one attached hydrogen (secondary N) is 3. The molecule has 0 bridgehead atoms. The maximum Gasteiger partial charge on any atom is 0.253 e. The summed E-state index contributed by atoms with van der Waals surface area (Å²) in [4.78, 5) is 33.2. The summed E-state index contributed by atoms with van der Waals surface area (Å²) < 4.78 is 33.5. The van der Waals surface area contributed by atoms with E-state index in [9.17, 15) is 23.8 Å². The Kier molecular flexibility index (Phi) is 14.9. The zero-order chi connectivity index (χ0) is 42.2. The number of nitrogens with zero attached hydrogens (tertiary/aromatic N) is 3. The van der Waals surface area contributed by atoms with E-state index in [0.29, 0.717) is 49.4 Å². The number of amidine groups is 2. The Hall–Kier alpha value is -4.30. The van der Waals surface area contributed by atoms with Crippen molar-refractivity contribution in [2.45, 2.75) is 147 Å². The number of rotatable bonds is 16. The van der Waals surface area contributed by atoms with Gasteiger partial charge in [0.15, 0.2) is 0 Å². The van der Waals surface area contributed by atoms with Crippen LogP contribution in [0.15, 0.2) is 54.6 Å². The Balaban J connectivity index is 0.985. The first kappa shape index (κ1) is 44.3. The van der Waals surface area contributed by atoms with Gasteiger partial charge in [-0.2, -0.15) is 0 Å². The fourth-order valence-corrected chi connectivity index (χ4v) is 10.3. The third-order valence-electron chi connectivity index (χ3n) is 13.9. The third kappa shape index (κ3) is 11.3. The summed E-state index contributed by atoms with van der Waals surface area (Å²) in [6.45, 7) is 9.00. The summed E-state index contributed by atoms with van der Waals surface area (Å²) >= 11 is 0. The monoisotopic (exact) mass is 813 g/mol. The Morgan fingerprint density at radius 1 is 0.966 bits per heavy atom. The minimum atomic E-state index is -2.67. The Morgan fingerprint density at radius 2 is 1.64 bits per heavy atom. The number of carbonyl (C=O) groups is 2. The van der Waals surface area contributed by atoms with Crippen molar-refractivity contribution in [2.24, 2.45) is 17.3 Å². The molecule has 2 aromatic carbocycles. The van der Waals surface area contributed by atoms with Gasteiger partial charge in [-0.25, -0.2) is 8.78 Å². The van der Waals surface area contributed by atoms with Crippen LogP contribution in [0.25, 0.3) is 0 Å². The number of ether oxygens (including phenoxy) is 1. The summed E-state index contributed by atoms with van der Waals surface area (Å²) in [5.41, 5.74) is 1.83. The van der Waals surface area contributed by atoms with Crippen LogP contribution in [0.5, 0.6) is 5.75 Å². The Labute approximate surface area is 351 Å². The highest BCUT2D eigenvalue weighted by molar-refractivity contribution is 5.99. The van der Waals surface area contributed by atoms with E-state index in [1.165, 1.54) is 0 Å². The molecule has 0 radical (unpaired) electrons. The van der Waals surface area contributed by atoms with Gasteiger partial charge in [0, 0.05) is 74.4 Å². The standard InChI is InChI=1S/C48H66F2N6O3/c1-5-6-7-11-30-59-42-18-15-39(16-19-42)46(58)54-28-25-47(26-29-54)32-40(33-47)44(52)56(36(4)51)35(3)31-41-17-14-34(2)55(41)27-22-43(37-12-9-8-10-13-37)53-45(57)38-20-23-48(49,50)24-21-38/h1,8-10,12-13,15-16,18-19,34-35,38,40-41,43,51-52H,6-7,11,14,17,20-33H2,2-4H3,(H,53,57). The second-order valence-electron chi connectivity index (χ2n) is 18.1. The van der Waals surface area contributed by atoms with Crippen molar-refractivity contribution in [2.75, 3.05) is 26.2 Å². The molecule has 0 aromatic heterocycles. The second kappa shape index (κ2) is 19.8. The highest BCUT2D eigenvalue weighted by Crippen LogP contribution is 2.53. The first-order valence-corrected chi connectivity index (χ1v) is 22.2. The number of hydrogen-bond donors (Lipinski definition) is 3. The van der Waals surface area contributed by atoms with E-state index in [1.54, 1.807) is 6.92 Å². The van der Waals surface area contributed by atoms with Gasteiger partial charge in [-0.1, -0.05) is 30.3 Å². The number of amides is 2. The number of halogens is 2. The summed E-state index contributed by atoms with van der Waals surface area (Å²) in [7, 11) is 0. The predicted molar refractivity (Wildman–Crippen MR) is 230 cm³/mol. The highest BCUT2D eigenvalue weighted by Gasteiger charge is 2.49. The second-order valence-corrected chi connectivity index (χ2v) is 18.1. The van der Waals surface area contributed by atoms with Gasteiger partial charge in [-0.3, -0.25) is 25.3 Å². The maximum atomic E-state index is 13.8. The summed E-state index contributed by atoms with van der Waals surface area (Å²) in [5, 5.41) is 21.4. The zero-order valence-electron chi connectivity index (χ0n) is 35.5. The molecule has 320 valence electrons. The minimum Gasteiger partial charge on any atom is -0.494 e. The van der Waals surface area contributed by atoms with Gasteiger partial charge in [0.2, 0.25) is 11.8 Å². The normalized spacial score (nSPS) is 22.8. The van der Waals surface area contributed by atoms with Crippen LogP contribution < -0.4 is 10.1 Å². The van der Waals surface area contributed by atoms with Crippen LogP contribution >= 0.6 is 0 Å². The molecule has 2 aliphatic carbocycles. The molecule has 2 saturated carbocycles. The van der Waals surface area contributed by atoms with Crippen molar-refractivity contribution >= 4 is 23.5 Å². The highest BCUT2D eigenvalue weighted by atomic mass is 19.3. The molecule has 2 saturated heterocycles. The van der Waals surface area contributed by atoms with Crippen LogP contribution in [-0.4, -0.2) is 88.5 Å². The van der Waals surface area contributed by atoms with Crippen molar-refractivity contribution in [1.82, 2.24) is 20.0 Å². The number of piperidine rings is 1. The largest absolute Gasteiger partial charge is 0.494 e. The topological polar surface area (TPSA) is 113 Å². The molecular weight excluding hydrogens is 747 g/mol. The Bertz CT molecular complexity index is 1770. The molecule has 11 heteroatoms. The number of likely N-dealkylation sites (tertiary alicyclic amines) is 2. The van der Waals surface area contributed by atoms with Crippen molar-refractivity contribution in [3.8, 4) is 18.1 Å². The molecule has 2 amide bonds. The van der Waals surface area contributed by atoms with Crippen LogP contribution in [0.2, 0.25) is 0 Å². The number of hydrogen-bond acceptors (Lipinski definition) is 6. The van der Waals surface area contributed by atoms with Gasteiger partial charge >= 0.3 is 0 Å². The van der Waals surface area contributed by atoms with E-state index in [0.717, 1.165) is 82.1 Å². The molecule has 9 nitrogen and oxygen atoms in total. The molecular formula is C48H66F2N6O3. The van der Waals surface area contributed by atoms with E-state index >= 15 is 0 Å². The molecule has 6 rings (SSSR count). The number of alkyl halides is 2. The quantitative estimate of drug-likeness (QED) is 0.0677. The zero-order valence-corrected chi connectivity index (χ0v) is 35.5. The fourth-order valence-electron chi connectivity index (χ4n) is 10.3. The fraction of sp³-hybridized carbons (Fsp3) is 0.625. The lowest BCUT2D eigenvalue weighted by atomic mass is 9.57. The van der Waals surface area contributed by atoms with Gasteiger partial charge in [-0.05, 0) is 133 Å². The molecule has 1 spiro atoms. The number of terminal acetylenes is 1. The smallest absolute Gasteiger partial charge is 0.253 e. The lowest BCUT2D eigenvalue weighted by Crippen LogP contribution is -2.55. The predicted octanol–water partition coefficient (Wildman–Crippen LogP) is 9.48. The third-order valence-corrected chi connectivity index (χ3v) is 13.9. The van der Waals surface area contributed by atoms with Crippen LogP contribution in [0.3, 0.4) is 0 Å². The van der Waals surface area contributed by atoms with Gasteiger partial charge in [0.25, 0.3) is 5.91 Å². The number of carbonyl (C=O) groups excluding carboxylic acids is 2. The molecule has 2 aliphatic heterocycles. The van der Waals surface area contributed by atoms with E-state index in [4.69, 9.17) is 16.6 Å². The van der Waals surface area contributed by atoms with Crippen molar-refractivity contribution in [1.29, 1.82) is 10.8 Å². The summed E-state index contributed by atoms with van der Waals surface area (Å²) in [6, 6.07) is 17.8. The van der Waals surface area contributed by atoms with Crippen LogP contribution in [0, 0.1) is 40.4 Å². The molecule has 3 N–H and O–H groups in total. The van der Waals surface area contributed by atoms with Crippen molar-refractivity contribution < 1.29 is 23.1 Å². The van der Waals surface area contributed by atoms with Gasteiger partial charge < -0.3 is 19.9 Å². The lowest BCUT2D eigenvalue weighted by Gasteiger charge is -2.53. The van der Waals surface area contributed by atoms with Crippen molar-refractivity contribution in [3.63, 3.8) is 0 Å². The van der Waals surface area contributed by atoms with Crippen LogP contribution in [0.4, 0.5) is 8.78 Å². The van der Waals surface area contributed by atoms with Crippen LogP contribution in [0.1, 0.15) is 139 Å². The van der Waals surface area contributed by atoms with Gasteiger partial charge in [0.05, 0.1) is 18.5 Å². The first-order valence-electron chi connectivity index (χ1n) is 22.2. The number of benzene rings is 2. The molecule has 2 aromatic rings.